The Morgan fingerprint density at radius 2 is 2.28 bits per heavy atom. The lowest BCUT2D eigenvalue weighted by atomic mass is 10.2. The van der Waals surface area contributed by atoms with Crippen LogP contribution in [0.2, 0.25) is 0 Å². The van der Waals surface area contributed by atoms with E-state index < -0.39 is 0 Å². The molecule has 1 aromatic heterocycles. The van der Waals surface area contributed by atoms with Crippen molar-refractivity contribution in [3.63, 3.8) is 0 Å². The van der Waals surface area contributed by atoms with E-state index in [-0.39, 0.29) is 23.9 Å². The average Bonchev–Trinajstić information content (AvgIpc) is 2.88. The van der Waals surface area contributed by atoms with Crippen LogP contribution in [0.3, 0.4) is 0 Å². The lowest BCUT2D eigenvalue weighted by Gasteiger charge is -2.18. The van der Waals surface area contributed by atoms with Gasteiger partial charge in [0.1, 0.15) is 6.04 Å². The van der Waals surface area contributed by atoms with Crippen LogP contribution >= 0.6 is 0 Å². The number of hydrogen-bond donors (Lipinski definition) is 1. The fourth-order valence-electron chi connectivity index (χ4n) is 2.02. The fraction of sp³-hybridized carbons (Fsp3) is 0.583. The van der Waals surface area contributed by atoms with Crippen LogP contribution in [-0.4, -0.2) is 39.6 Å². The number of hydrogen-bond acceptors (Lipinski definition) is 3. The second-order valence-corrected chi connectivity index (χ2v) is 4.85. The number of carbonyl (C=O) groups is 2. The molecule has 2 rings (SSSR count). The number of likely N-dealkylation sites (N-methyl/N-ethyl adjacent to an activating group) is 1. The van der Waals surface area contributed by atoms with Crippen LogP contribution in [0.5, 0.6) is 0 Å². The molecule has 0 saturated carbocycles. The van der Waals surface area contributed by atoms with Crippen LogP contribution in [0.4, 0.5) is 5.69 Å². The van der Waals surface area contributed by atoms with Crippen LogP contribution in [0.15, 0.2) is 12.4 Å². The molecule has 1 aliphatic rings. The number of anilines is 1. The molecule has 0 radical (unpaired) electrons. The van der Waals surface area contributed by atoms with E-state index >= 15 is 0 Å². The number of nitrogens with zero attached hydrogens (tertiary/aromatic N) is 3. The molecule has 1 fully saturated rings. The zero-order valence-electron chi connectivity index (χ0n) is 10.9. The Morgan fingerprint density at radius 3 is 2.78 bits per heavy atom. The molecule has 18 heavy (non-hydrogen) atoms. The highest BCUT2D eigenvalue weighted by Crippen LogP contribution is 2.18. The summed E-state index contributed by atoms with van der Waals surface area (Å²) >= 11 is 0. The molecule has 6 heteroatoms. The molecule has 6 nitrogen and oxygen atoms in total. The molecule has 1 saturated heterocycles. The normalized spacial score (nSPS) is 19.7. The zero-order chi connectivity index (χ0) is 13.3. The number of likely N-dealkylation sites (tertiary alicyclic amines) is 1. The van der Waals surface area contributed by atoms with E-state index in [2.05, 4.69) is 10.4 Å². The van der Waals surface area contributed by atoms with E-state index in [4.69, 9.17) is 0 Å². The van der Waals surface area contributed by atoms with Gasteiger partial charge in [-0.05, 0) is 20.3 Å². The van der Waals surface area contributed by atoms with Gasteiger partial charge in [-0.1, -0.05) is 0 Å². The summed E-state index contributed by atoms with van der Waals surface area (Å²) in [5.74, 6) is -0.125. The summed E-state index contributed by atoms with van der Waals surface area (Å²) in [5.41, 5.74) is 0.668. The minimum atomic E-state index is -0.361. The highest BCUT2D eigenvalue weighted by atomic mass is 16.2. The Labute approximate surface area is 106 Å². The Kier molecular flexibility index (Phi) is 3.36. The molecule has 1 unspecified atom stereocenters. The Bertz CT molecular complexity index is 466. The fourth-order valence-corrected chi connectivity index (χ4v) is 2.02. The number of carbonyl (C=O) groups excluding carboxylic acids is 2. The number of amides is 2. The summed E-state index contributed by atoms with van der Waals surface area (Å²) in [6.45, 7) is 4.03. The molecule has 0 bridgehead atoms. The van der Waals surface area contributed by atoms with Crippen molar-refractivity contribution in [2.24, 2.45) is 0 Å². The average molecular weight is 250 g/mol. The van der Waals surface area contributed by atoms with Crippen molar-refractivity contribution in [2.45, 2.75) is 38.8 Å². The largest absolute Gasteiger partial charge is 0.334 e. The first-order chi connectivity index (χ1) is 8.49. The maximum Gasteiger partial charge on any atom is 0.247 e. The topological polar surface area (TPSA) is 67.2 Å². The molecule has 2 heterocycles. The number of rotatable bonds is 3. The molecule has 1 aromatic rings. The lowest BCUT2D eigenvalue weighted by Crippen LogP contribution is -2.38. The van der Waals surface area contributed by atoms with Crippen LogP contribution in [-0.2, 0) is 9.59 Å². The Hall–Kier alpha value is -1.85. The zero-order valence-corrected chi connectivity index (χ0v) is 10.9. The smallest absolute Gasteiger partial charge is 0.247 e. The van der Waals surface area contributed by atoms with E-state index in [0.717, 1.165) is 0 Å². The first kappa shape index (κ1) is 12.6. The number of aromatic nitrogens is 2. The summed E-state index contributed by atoms with van der Waals surface area (Å²) in [6.07, 6.45) is 4.44. The third-order valence-corrected chi connectivity index (χ3v) is 3.19. The summed E-state index contributed by atoms with van der Waals surface area (Å²) in [4.78, 5) is 24.9. The van der Waals surface area contributed by atoms with Gasteiger partial charge in [-0.25, -0.2) is 0 Å². The van der Waals surface area contributed by atoms with Gasteiger partial charge in [0.2, 0.25) is 11.8 Å². The predicted molar refractivity (Wildman–Crippen MR) is 67.0 cm³/mol. The van der Waals surface area contributed by atoms with Crippen LogP contribution < -0.4 is 5.32 Å². The SMILES string of the molecule is CC(C)n1cc(NC(=O)C2CCC(=O)N2C)cn1. The van der Waals surface area contributed by atoms with Gasteiger partial charge in [-0.2, -0.15) is 5.10 Å². The van der Waals surface area contributed by atoms with Gasteiger partial charge in [0, 0.05) is 25.7 Å². The van der Waals surface area contributed by atoms with Crippen LogP contribution in [0.25, 0.3) is 0 Å². The van der Waals surface area contributed by atoms with E-state index in [1.54, 1.807) is 24.1 Å². The van der Waals surface area contributed by atoms with Crippen molar-refractivity contribution >= 4 is 17.5 Å². The molecular weight excluding hydrogens is 232 g/mol. The van der Waals surface area contributed by atoms with Gasteiger partial charge >= 0.3 is 0 Å². The quantitative estimate of drug-likeness (QED) is 0.871. The van der Waals surface area contributed by atoms with Crippen molar-refractivity contribution in [1.82, 2.24) is 14.7 Å². The molecule has 2 amide bonds. The number of nitrogens with one attached hydrogen (secondary N) is 1. The van der Waals surface area contributed by atoms with E-state index in [0.29, 0.717) is 18.5 Å². The van der Waals surface area contributed by atoms with Gasteiger partial charge in [0.15, 0.2) is 0 Å². The summed E-state index contributed by atoms with van der Waals surface area (Å²) in [5, 5.41) is 6.94. The third-order valence-electron chi connectivity index (χ3n) is 3.19. The minimum Gasteiger partial charge on any atom is -0.334 e. The molecule has 0 aliphatic carbocycles. The highest BCUT2D eigenvalue weighted by molar-refractivity contribution is 5.98. The minimum absolute atomic E-state index is 0.0213. The van der Waals surface area contributed by atoms with Crippen molar-refractivity contribution in [3.8, 4) is 0 Å². The Balaban J connectivity index is 2.00. The summed E-state index contributed by atoms with van der Waals surface area (Å²) in [6, 6.07) is -0.105. The second kappa shape index (κ2) is 4.80. The molecule has 98 valence electrons. The molecule has 0 spiro atoms. The monoisotopic (exact) mass is 250 g/mol. The second-order valence-electron chi connectivity index (χ2n) is 4.85. The summed E-state index contributed by atoms with van der Waals surface area (Å²) in [7, 11) is 1.66. The van der Waals surface area contributed by atoms with Crippen molar-refractivity contribution in [1.29, 1.82) is 0 Å². The van der Waals surface area contributed by atoms with E-state index in [1.165, 1.54) is 4.90 Å². The molecular formula is C12H18N4O2. The van der Waals surface area contributed by atoms with Crippen molar-refractivity contribution < 1.29 is 9.59 Å². The first-order valence-electron chi connectivity index (χ1n) is 6.09. The van der Waals surface area contributed by atoms with Gasteiger partial charge in [0.25, 0.3) is 0 Å². The van der Waals surface area contributed by atoms with Gasteiger partial charge < -0.3 is 10.2 Å². The van der Waals surface area contributed by atoms with E-state index in [9.17, 15) is 9.59 Å². The molecule has 1 atom stereocenters. The van der Waals surface area contributed by atoms with Crippen LogP contribution in [0.1, 0.15) is 32.7 Å². The van der Waals surface area contributed by atoms with Crippen molar-refractivity contribution in [2.75, 3.05) is 12.4 Å². The lowest BCUT2D eigenvalue weighted by molar-refractivity contribution is -0.131. The van der Waals surface area contributed by atoms with Crippen molar-refractivity contribution in [3.05, 3.63) is 12.4 Å². The first-order valence-corrected chi connectivity index (χ1v) is 6.09. The van der Waals surface area contributed by atoms with Gasteiger partial charge in [-0.3, -0.25) is 14.3 Å². The maximum absolute atomic E-state index is 12.0. The molecule has 1 aliphatic heterocycles. The predicted octanol–water partition coefficient (Wildman–Crippen LogP) is 1.02. The Morgan fingerprint density at radius 1 is 1.56 bits per heavy atom. The third kappa shape index (κ3) is 2.37. The van der Waals surface area contributed by atoms with E-state index in [1.807, 2.05) is 13.8 Å². The molecule has 1 N–H and O–H groups in total. The molecule has 0 aromatic carbocycles. The maximum atomic E-state index is 12.0. The van der Waals surface area contributed by atoms with Gasteiger partial charge in [0.05, 0.1) is 11.9 Å². The highest BCUT2D eigenvalue weighted by Gasteiger charge is 2.33. The van der Waals surface area contributed by atoms with Crippen LogP contribution in [0, 0.1) is 0 Å². The standard InChI is InChI=1S/C12H18N4O2/c1-8(2)16-7-9(6-13-16)14-12(18)10-4-5-11(17)15(10)3/h6-8,10H,4-5H2,1-3H3,(H,14,18). The summed E-state index contributed by atoms with van der Waals surface area (Å²) < 4.78 is 1.78. The van der Waals surface area contributed by atoms with Gasteiger partial charge in [-0.15, -0.1) is 0 Å².